The van der Waals surface area contributed by atoms with Crippen LogP contribution < -0.4 is 0 Å². The fourth-order valence-electron chi connectivity index (χ4n) is 5.21. The summed E-state index contributed by atoms with van der Waals surface area (Å²) in [6.45, 7) is 20.7. The van der Waals surface area contributed by atoms with Gasteiger partial charge in [0.05, 0.1) is 0 Å². The maximum atomic E-state index is 4.09. The molecule has 0 amide bonds. The van der Waals surface area contributed by atoms with Crippen LogP contribution in [-0.4, -0.2) is 0 Å². The number of hydrogen-bond donors (Lipinski definition) is 0. The lowest BCUT2D eigenvalue weighted by Gasteiger charge is -2.32. The van der Waals surface area contributed by atoms with Gasteiger partial charge in [0.1, 0.15) is 0 Å². The molecular formula is C25H40. The molecule has 0 nitrogen and oxygen atoms in total. The molecule has 0 aromatic rings. The van der Waals surface area contributed by atoms with Crippen LogP contribution in [0.3, 0.4) is 0 Å². The minimum atomic E-state index is 0.397. The second-order valence-electron chi connectivity index (χ2n) is 9.86. The van der Waals surface area contributed by atoms with Crippen LogP contribution in [0.15, 0.2) is 46.6 Å². The second kappa shape index (κ2) is 8.11. The van der Waals surface area contributed by atoms with Gasteiger partial charge >= 0.3 is 0 Å². The summed E-state index contributed by atoms with van der Waals surface area (Å²) in [7, 11) is 0. The van der Waals surface area contributed by atoms with Crippen molar-refractivity contribution in [3.05, 3.63) is 46.6 Å². The monoisotopic (exact) mass is 340 g/mol. The highest BCUT2D eigenvalue weighted by Crippen LogP contribution is 2.44. The fourth-order valence-corrected chi connectivity index (χ4v) is 5.21. The van der Waals surface area contributed by atoms with Crippen LogP contribution in [0.1, 0.15) is 87.0 Å². The zero-order chi connectivity index (χ0) is 18.8. The highest BCUT2D eigenvalue weighted by molar-refractivity contribution is 5.47. The van der Waals surface area contributed by atoms with Crippen LogP contribution >= 0.6 is 0 Å². The smallest absolute Gasteiger partial charge is 0.000888 e. The molecule has 3 unspecified atom stereocenters. The Kier molecular flexibility index (Phi) is 6.57. The van der Waals surface area contributed by atoms with Crippen molar-refractivity contribution in [2.45, 2.75) is 87.0 Å². The lowest BCUT2D eigenvalue weighted by atomic mass is 9.73. The van der Waals surface area contributed by atoms with Gasteiger partial charge in [-0.15, -0.1) is 6.58 Å². The van der Waals surface area contributed by atoms with Gasteiger partial charge in [-0.3, -0.25) is 0 Å². The summed E-state index contributed by atoms with van der Waals surface area (Å²) >= 11 is 0. The zero-order valence-electron chi connectivity index (χ0n) is 17.8. The number of allylic oxidation sites excluding steroid dienone is 7. The summed E-state index contributed by atoms with van der Waals surface area (Å²) in [6, 6.07) is 0. The van der Waals surface area contributed by atoms with Crippen molar-refractivity contribution in [2.24, 2.45) is 23.2 Å². The summed E-state index contributed by atoms with van der Waals surface area (Å²) in [5.74, 6) is 2.20. The van der Waals surface area contributed by atoms with E-state index in [2.05, 4.69) is 67.2 Å². The Morgan fingerprint density at radius 1 is 1.32 bits per heavy atom. The molecule has 140 valence electrons. The van der Waals surface area contributed by atoms with Crippen molar-refractivity contribution >= 4 is 0 Å². The Morgan fingerprint density at radius 2 is 2.00 bits per heavy atom. The van der Waals surface area contributed by atoms with E-state index in [0.717, 1.165) is 18.3 Å². The van der Waals surface area contributed by atoms with E-state index in [9.17, 15) is 0 Å². The first-order valence-electron chi connectivity index (χ1n) is 10.3. The molecule has 2 bridgehead atoms. The summed E-state index contributed by atoms with van der Waals surface area (Å²) in [4.78, 5) is 0. The first-order chi connectivity index (χ1) is 11.6. The molecule has 2 aliphatic carbocycles. The van der Waals surface area contributed by atoms with Gasteiger partial charge in [0, 0.05) is 5.92 Å². The van der Waals surface area contributed by atoms with Gasteiger partial charge in [-0.1, -0.05) is 51.0 Å². The lowest BCUT2D eigenvalue weighted by Crippen LogP contribution is -2.19. The first-order valence-corrected chi connectivity index (χ1v) is 10.3. The second-order valence-corrected chi connectivity index (χ2v) is 9.86. The normalized spacial score (nSPS) is 25.2. The predicted molar refractivity (Wildman–Crippen MR) is 113 cm³/mol. The molecule has 0 spiro atoms. The molecule has 2 rings (SSSR count). The van der Waals surface area contributed by atoms with E-state index in [-0.39, 0.29) is 0 Å². The number of rotatable bonds is 7. The summed E-state index contributed by atoms with van der Waals surface area (Å²) in [6.07, 6.45) is 12.5. The number of fused-ring (bicyclic) bond motifs is 1. The van der Waals surface area contributed by atoms with Gasteiger partial charge in [-0.2, -0.15) is 0 Å². The molecule has 0 radical (unpaired) electrons. The molecular weight excluding hydrogens is 300 g/mol. The van der Waals surface area contributed by atoms with Crippen molar-refractivity contribution < 1.29 is 0 Å². The van der Waals surface area contributed by atoms with Crippen molar-refractivity contribution in [3.63, 3.8) is 0 Å². The van der Waals surface area contributed by atoms with E-state index in [1.54, 1.807) is 16.7 Å². The number of hydrogen-bond acceptors (Lipinski definition) is 0. The molecule has 0 saturated heterocycles. The molecule has 0 aliphatic heterocycles. The van der Waals surface area contributed by atoms with Gasteiger partial charge < -0.3 is 0 Å². The fraction of sp³-hybridized carbons (Fsp3) is 0.680. The maximum Gasteiger partial charge on any atom is 0.000888 e. The average molecular weight is 341 g/mol. The quantitative estimate of drug-likeness (QED) is 0.411. The van der Waals surface area contributed by atoms with Crippen LogP contribution in [-0.2, 0) is 0 Å². The van der Waals surface area contributed by atoms with Gasteiger partial charge in [-0.25, -0.2) is 0 Å². The van der Waals surface area contributed by atoms with E-state index in [4.69, 9.17) is 0 Å². The first kappa shape index (κ1) is 20.3. The third-order valence-corrected chi connectivity index (χ3v) is 6.48. The van der Waals surface area contributed by atoms with Gasteiger partial charge in [0.2, 0.25) is 0 Å². The lowest BCUT2D eigenvalue weighted by molar-refractivity contribution is 0.255. The van der Waals surface area contributed by atoms with Gasteiger partial charge in [-0.05, 0) is 93.3 Å². The molecule has 25 heavy (non-hydrogen) atoms. The largest absolute Gasteiger partial charge is 0.100 e. The summed E-state index contributed by atoms with van der Waals surface area (Å²) in [5.41, 5.74) is 8.22. The molecule has 0 fully saturated rings. The molecule has 2 aliphatic rings. The van der Waals surface area contributed by atoms with Crippen molar-refractivity contribution in [1.29, 1.82) is 0 Å². The molecule has 0 saturated carbocycles. The van der Waals surface area contributed by atoms with Gasteiger partial charge in [0.15, 0.2) is 0 Å². The van der Waals surface area contributed by atoms with Crippen LogP contribution in [0.4, 0.5) is 0 Å². The molecule has 0 heterocycles. The van der Waals surface area contributed by atoms with Crippen molar-refractivity contribution in [1.82, 2.24) is 0 Å². The summed E-state index contributed by atoms with van der Waals surface area (Å²) < 4.78 is 0. The predicted octanol–water partition coefficient (Wildman–Crippen LogP) is 8.03. The van der Waals surface area contributed by atoms with E-state index < -0.39 is 0 Å². The van der Waals surface area contributed by atoms with Crippen molar-refractivity contribution in [2.75, 3.05) is 0 Å². The molecule has 0 N–H and O–H groups in total. The third kappa shape index (κ3) is 5.22. The topological polar surface area (TPSA) is 0 Å². The minimum Gasteiger partial charge on any atom is -0.100 e. The van der Waals surface area contributed by atoms with E-state index in [1.165, 1.54) is 43.3 Å². The Labute approximate surface area is 157 Å². The van der Waals surface area contributed by atoms with E-state index >= 15 is 0 Å². The van der Waals surface area contributed by atoms with E-state index in [1.807, 2.05) is 0 Å². The van der Waals surface area contributed by atoms with Crippen LogP contribution in [0.25, 0.3) is 0 Å². The molecule has 3 atom stereocenters. The highest BCUT2D eigenvalue weighted by Gasteiger charge is 2.29. The third-order valence-electron chi connectivity index (χ3n) is 6.48. The highest BCUT2D eigenvalue weighted by atomic mass is 14.3. The van der Waals surface area contributed by atoms with E-state index in [0.29, 0.717) is 11.3 Å². The van der Waals surface area contributed by atoms with Crippen molar-refractivity contribution in [3.8, 4) is 0 Å². The van der Waals surface area contributed by atoms with Gasteiger partial charge in [0.25, 0.3) is 0 Å². The standard InChI is InChI=1S/C25H40/c1-17(2)15-18(3)16-25(7,8)14-13-23-20(5)9-11-22-19(4)10-12-24(23)21(22)6/h9,11,18-19,22H,1,10,12-16H2,2-8H3. The van der Waals surface area contributed by atoms with Crippen LogP contribution in [0, 0.1) is 23.2 Å². The molecule has 0 heteroatoms. The SMILES string of the molecule is C=C(C)CC(C)CC(C)(C)CCC1=C(C)C=CC2C(C)=C1CCC2C. The maximum absolute atomic E-state index is 4.09. The minimum absolute atomic E-state index is 0.397. The molecule has 0 aromatic heterocycles. The Hall–Kier alpha value is -1.04. The Balaban J connectivity index is 2.09. The molecule has 0 aromatic carbocycles. The average Bonchev–Trinajstić information content (AvgIpc) is 2.53. The van der Waals surface area contributed by atoms with Crippen LogP contribution in [0.5, 0.6) is 0 Å². The van der Waals surface area contributed by atoms with Crippen LogP contribution in [0.2, 0.25) is 0 Å². The Bertz CT molecular complexity index is 594. The summed E-state index contributed by atoms with van der Waals surface area (Å²) in [5, 5.41) is 0. The zero-order valence-corrected chi connectivity index (χ0v) is 17.8. The Morgan fingerprint density at radius 3 is 2.64 bits per heavy atom.